The van der Waals surface area contributed by atoms with Crippen LogP contribution in [0.2, 0.25) is 0 Å². The van der Waals surface area contributed by atoms with E-state index < -0.39 is 0 Å². The van der Waals surface area contributed by atoms with Crippen molar-refractivity contribution in [3.8, 4) is 0 Å². The largest absolute Gasteiger partial charge is 0.302 e. The molecule has 0 bridgehead atoms. The molecule has 0 N–H and O–H groups in total. The van der Waals surface area contributed by atoms with Gasteiger partial charge in [-0.25, -0.2) is 4.98 Å². The summed E-state index contributed by atoms with van der Waals surface area (Å²) in [6, 6.07) is 16.3. The Balaban J connectivity index is 1.41. The number of carbonyl (C=O) groups excluding carboxylic acids is 1. The van der Waals surface area contributed by atoms with Crippen molar-refractivity contribution in [2.24, 2.45) is 0 Å². The smallest absolute Gasteiger partial charge is 0.238 e. The minimum atomic E-state index is 0.0679. The van der Waals surface area contributed by atoms with E-state index in [2.05, 4.69) is 35.3 Å². The highest BCUT2D eigenvalue weighted by Crippen LogP contribution is 2.44. The molecule has 0 unspecified atom stereocenters. The number of carbonyl (C=O) groups is 1. The molecule has 2 aromatic carbocycles. The molecule has 1 aromatic heterocycles. The number of amides is 1. The quantitative estimate of drug-likeness (QED) is 0.544. The molecule has 0 saturated carbocycles. The van der Waals surface area contributed by atoms with Gasteiger partial charge in [-0.1, -0.05) is 60.3 Å². The Kier molecular flexibility index (Phi) is 4.55. The minimum Gasteiger partial charge on any atom is -0.302 e. The number of hydrogen-bond donors (Lipinski definition) is 0. The molecule has 27 heavy (non-hydrogen) atoms. The molecule has 1 amide bonds. The molecule has 2 atom stereocenters. The van der Waals surface area contributed by atoms with Crippen LogP contribution in [-0.4, -0.2) is 27.9 Å². The zero-order valence-electron chi connectivity index (χ0n) is 14.3. The van der Waals surface area contributed by atoms with Gasteiger partial charge in [0.25, 0.3) is 0 Å². The number of para-hydroxylation sites is 2. The predicted molar refractivity (Wildman–Crippen MR) is 116 cm³/mol. The van der Waals surface area contributed by atoms with E-state index in [1.54, 1.807) is 11.3 Å². The lowest BCUT2D eigenvalue weighted by Crippen LogP contribution is -2.48. The van der Waals surface area contributed by atoms with Gasteiger partial charge in [0, 0.05) is 4.90 Å². The molecule has 2 aliphatic rings. The van der Waals surface area contributed by atoms with Crippen LogP contribution in [0.5, 0.6) is 0 Å². The highest BCUT2D eigenvalue weighted by atomic mass is 32.2. The molecular weight excluding hydrogens is 392 g/mol. The van der Waals surface area contributed by atoms with Crippen molar-refractivity contribution in [1.29, 1.82) is 0 Å². The summed E-state index contributed by atoms with van der Waals surface area (Å²) in [5.41, 5.74) is 2.01. The van der Waals surface area contributed by atoms with Crippen LogP contribution in [0, 0.1) is 0 Å². The zero-order chi connectivity index (χ0) is 18.2. The number of benzene rings is 2. The summed E-state index contributed by atoms with van der Waals surface area (Å²) in [4.78, 5) is 21.0. The van der Waals surface area contributed by atoms with Crippen LogP contribution in [-0.2, 0) is 4.79 Å². The van der Waals surface area contributed by atoms with Gasteiger partial charge in [-0.3, -0.25) is 4.79 Å². The second-order valence-electron chi connectivity index (χ2n) is 6.31. The van der Waals surface area contributed by atoms with Gasteiger partial charge in [-0.05, 0) is 24.3 Å². The number of nitrogens with zero attached hydrogens (tertiary/aromatic N) is 2. The van der Waals surface area contributed by atoms with Crippen LogP contribution in [0.4, 0.5) is 5.69 Å². The molecule has 0 radical (unpaired) electrons. The van der Waals surface area contributed by atoms with Crippen LogP contribution in [0.3, 0.4) is 0 Å². The van der Waals surface area contributed by atoms with Gasteiger partial charge in [-0.2, -0.15) is 0 Å². The second kappa shape index (κ2) is 7.19. The third-order valence-corrected chi connectivity index (χ3v) is 8.08. The molecule has 3 aromatic rings. The Labute approximate surface area is 170 Å². The van der Waals surface area contributed by atoms with Crippen molar-refractivity contribution in [2.75, 3.05) is 10.7 Å². The summed E-state index contributed by atoms with van der Waals surface area (Å²) in [6.07, 6.45) is 8.43. The number of thioether (sulfide) groups is 2. The molecule has 0 fully saturated rings. The van der Waals surface area contributed by atoms with Gasteiger partial charge < -0.3 is 4.90 Å². The van der Waals surface area contributed by atoms with Gasteiger partial charge in [-0.15, -0.1) is 23.1 Å². The maximum Gasteiger partial charge on any atom is 0.238 e. The standard InChI is InChI=1S/C21H16N2OS3/c24-20(13-25-21-22-14-7-1-4-10-17(14)27-21)23-15-8-2-5-11-18(15)26-19-12-6-3-9-16(19)23/h1-12,15,18H,13H2/t15-,18-/m0/s1. The van der Waals surface area contributed by atoms with E-state index in [0.29, 0.717) is 5.75 Å². The highest BCUT2D eigenvalue weighted by Gasteiger charge is 2.36. The summed E-state index contributed by atoms with van der Waals surface area (Å²) in [5.74, 6) is 0.515. The molecule has 2 heterocycles. The number of anilines is 1. The van der Waals surface area contributed by atoms with Gasteiger partial charge in [0.05, 0.1) is 32.9 Å². The summed E-state index contributed by atoms with van der Waals surface area (Å²) in [7, 11) is 0. The summed E-state index contributed by atoms with van der Waals surface area (Å²) in [5, 5.41) is 0.265. The normalized spacial score (nSPS) is 20.5. The maximum atomic E-state index is 13.2. The van der Waals surface area contributed by atoms with E-state index in [0.717, 1.165) is 25.1 Å². The van der Waals surface area contributed by atoms with E-state index in [1.165, 1.54) is 11.8 Å². The lowest BCUT2D eigenvalue weighted by atomic mass is 10.0. The Morgan fingerprint density at radius 1 is 1.07 bits per heavy atom. The van der Waals surface area contributed by atoms with Crippen LogP contribution < -0.4 is 4.90 Å². The van der Waals surface area contributed by atoms with Crippen LogP contribution in [0.1, 0.15) is 0 Å². The van der Waals surface area contributed by atoms with E-state index in [1.807, 2.05) is 59.1 Å². The third kappa shape index (κ3) is 3.22. The average Bonchev–Trinajstić information content (AvgIpc) is 3.13. The first-order valence-electron chi connectivity index (χ1n) is 8.71. The first-order valence-corrected chi connectivity index (χ1v) is 11.4. The van der Waals surface area contributed by atoms with Gasteiger partial charge in [0.2, 0.25) is 5.91 Å². The first kappa shape index (κ1) is 17.1. The molecule has 1 aliphatic heterocycles. The average molecular weight is 409 g/mol. The third-order valence-electron chi connectivity index (χ3n) is 4.60. The van der Waals surface area contributed by atoms with Crippen LogP contribution in [0.25, 0.3) is 10.2 Å². The number of aromatic nitrogens is 1. The summed E-state index contributed by atoms with van der Waals surface area (Å²) < 4.78 is 2.10. The Morgan fingerprint density at radius 3 is 2.81 bits per heavy atom. The molecule has 0 spiro atoms. The number of fused-ring (bicyclic) bond motifs is 3. The van der Waals surface area contributed by atoms with Crippen molar-refractivity contribution >= 4 is 56.7 Å². The topological polar surface area (TPSA) is 33.2 Å². The monoisotopic (exact) mass is 408 g/mol. The highest BCUT2D eigenvalue weighted by molar-refractivity contribution is 8.01. The van der Waals surface area contributed by atoms with Crippen molar-refractivity contribution in [2.45, 2.75) is 20.5 Å². The predicted octanol–water partition coefficient (Wildman–Crippen LogP) is 5.39. The molecule has 1 aliphatic carbocycles. The number of allylic oxidation sites excluding steroid dienone is 2. The van der Waals surface area contributed by atoms with Gasteiger partial charge in [0.15, 0.2) is 4.34 Å². The van der Waals surface area contributed by atoms with E-state index >= 15 is 0 Å². The number of hydrogen-bond acceptors (Lipinski definition) is 5. The lowest BCUT2D eigenvalue weighted by Gasteiger charge is -2.40. The van der Waals surface area contributed by atoms with Crippen LogP contribution >= 0.6 is 34.9 Å². The Morgan fingerprint density at radius 2 is 1.89 bits per heavy atom. The fraction of sp³-hybridized carbons (Fsp3) is 0.143. The second-order valence-corrected chi connectivity index (χ2v) is 9.78. The molecule has 6 heteroatoms. The van der Waals surface area contributed by atoms with E-state index in [9.17, 15) is 4.79 Å². The molecule has 134 valence electrons. The van der Waals surface area contributed by atoms with E-state index in [4.69, 9.17) is 0 Å². The fourth-order valence-electron chi connectivity index (χ4n) is 3.39. The summed E-state index contributed by atoms with van der Waals surface area (Å²) in [6.45, 7) is 0. The summed E-state index contributed by atoms with van der Waals surface area (Å²) >= 11 is 5.01. The Hall–Kier alpha value is -2.02. The number of rotatable bonds is 3. The minimum absolute atomic E-state index is 0.0679. The van der Waals surface area contributed by atoms with Gasteiger partial charge in [0.1, 0.15) is 0 Å². The van der Waals surface area contributed by atoms with Gasteiger partial charge >= 0.3 is 0 Å². The molecular formula is C21H16N2OS3. The van der Waals surface area contributed by atoms with Crippen LogP contribution in [0.15, 0.2) is 82.1 Å². The van der Waals surface area contributed by atoms with Crippen molar-refractivity contribution in [3.05, 3.63) is 72.8 Å². The SMILES string of the molecule is O=C(CSc1nc2ccccc2s1)N1c2ccccc2S[C@H]2C=CC=C[C@@H]21. The van der Waals surface area contributed by atoms with Crippen molar-refractivity contribution in [3.63, 3.8) is 0 Å². The fourth-order valence-corrected chi connectivity index (χ4v) is 6.57. The zero-order valence-corrected chi connectivity index (χ0v) is 16.8. The number of thiazole rings is 1. The van der Waals surface area contributed by atoms with E-state index in [-0.39, 0.29) is 17.2 Å². The molecule has 3 nitrogen and oxygen atoms in total. The van der Waals surface area contributed by atoms with Crippen molar-refractivity contribution < 1.29 is 4.79 Å². The Bertz CT molecular complexity index is 1040. The lowest BCUT2D eigenvalue weighted by molar-refractivity contribution is -0.116. The molecule has 5 rings (SSSR count). The maximum absolute atomic E-state index is 13.2. The molecule has 0 saturated heterocycles. The van der Waals surface area contributed by atoms with Crippen molar-refractivity contribution in [1.82, 2.24) is 4.98 Å². The first-order chi connectivity index (χ1) is 13.3.